The summed E-state index contributed by atoms with van der Waals surface area (Å²) in [5.41, 5.74) is -0.885. The molecule has 1 aromatic heterocycles. The van der Waals surface area contributed by atoms with Crippen molar-refractivity contribution in [3.63, 3.8) is 0 Å². The molecule has 1 rings (SSSR count). The monoisotopic (exact) mass is 236 g/mol. The van der Waals surface area contributed by atoms with Crippen molar-refractivity contribution in [2.45, 2.75) is 0 Å². The van der Waals surface area contributed by atoms with E-state index in [2.05, 4.69) is 14.5 Å². The third-order valence-electron chi connectivity index (χ3n) is 1.77. The van der Waals surface area contributed by atoms with E-state index in [1.807, 2.05) is 0 Å². The molecule has 1 aromatic rings. The van der Waals surface area contributed by atoms with Crippen molar-refractivity contribution >= 4 is 12.4 Å². The number of aromatic nitrogens is 1. The highest BCUT2D eigenvalue weighted by Gasteiger charge is 2.30. The Morgan fingerprint density at radius 2 is 2.00 bits per heavy atom. The van der Waals surface area contributed by atoms with E-state index in [9.17, 15) is 12.9 Å². The first kappa shape index (κ1) is 12.6. The van der Waals surface area contributed by atoms with E-state index in [0.717, 1.165) is 12.3 Å². The molecule has 0 N–H and O–H groups in total. The molecule has 0 amide bonds. The molecule has 8 heteroatoms. The van der Waals surface area contributed by atoms with Crippen LogP contribution in [0.2, 0.25) is 0 Å². The number of rotatable bonds is 5. The van der Waals surface area contributed by atoms with Crippen LogP contribution in [0, 0.1) is 0 Å². The number of methoxy groups -OCH3 is 2. The summed E-state index contributed by atoms with van der Waals surface area (Å²) in [6.07, 6.45) is 0.961. The highest BCUT2D eigenvalue weighted by molar-refractivity contribution is 6.74. The van der Waals surface area contributed by atoms with Gasteiger partial charge >= 0.3 is 6.98 Å². The molecule has 0 radical (unpaired) electrons. The van der Waals surface area contributed by atoms with Gasteiger partial charge in [-0.05, 0) is 6.07 Å². The van der Waals surface area contributed by atoms with E-state index in [0.29, 0.717) is 0 Å². The van der Waals surface area contributed by atoms with Gasteiger partial charge in [-0.1, -0.05) is 5.46 Å². The highest BCUT2D eigenvalue weighted by Crippen LogP contribution is 2.20. The Kier molecular flexibility index (Phi) is 4.00. The van der Waals surface area contributed by atoms with E-state index in [4.69, 9.17) is 4.74 Å². The van der Waals surface area contributed by atoms with Crippen LogP contribution in [-0.4, -0.2) is 33.0 Å². The van der Waals surface area contributed by atoms with Gasteiger partial charge in [0.25, 0.3) is 0 Å². The van der Waals surface area contributed by atoms with Gasteiger partial charge < -0.3 is 27.2 Å². The molecule has 0 bridgehead atoms. The van der Waals surface area contributed by atoms with Crippen LogP contribution in [0.4, 0.5) is 12.9 Å². The molecule has 0 saturated carbocycles. The second kappa shape index (κ2) is 5.06. The molecular weight excluding hydrogens is 226 g/mol. The number of hydrogen-bond acceptors (Lipinski definition) is 4. The number of hydrogen-bond donors (Lipinski definition) is 0. The van der Waals surface area contributed by atoms with Crippen molar-refractivity contribution in [1.82, 2.24) is 4.98 Å². The van der Waals surface area contributed by atoms with Crippen LogP contribution in [0.25, 0.3) is 0 Å². The standard InChI is InChI=1S/C8H10BF3NO3/c1-14-5-16-7-4-13-8(15-2)3-6(7)9(10,11)12/h3-4H,5H2,1-2H3/q-1. The van der Waals surface area contributed by atoms with Crippen LogP contribution in [0.1, 0.15) is 0 Å². The van der Waals surface area contributed by atoms with Crippen molar-refractivity contribution < 1.29 is 27.2 Å². The Hall–Kier alpha value is -1.44. The SMILES string of the molecule is COCOc1cnc(OC)cc1[B-](F)(F)F. The molecule has 0 saturated heterocycles. The largest absolute Gasteiger partial charge is 0.513 e. The number of pyridine rings is 1. The molecule has 16 heavy (non-hydrogen) atoms. The van der Waals surface area contributed by atoms with E-state index < -0.39 is 12.4 Å². The van der Waals surface area contributed by atoms with Crippen molar-refractivity contribution in [3.8, 4) is 11.6 Å². The van der Waals surface area contributed by atoms with Crippen LogP contribution >= 0.6 is 0 Å². The zero-order chi connectivity index (χ0) is 12.2. The molecule has 90 valence electrons. The first-order chi connectivity index (χ1) is 7.49. The Morgan fingerprint density at radius 1 is 1.31 bits per heavy atom. The molecule has 0 fully saturated rings. The summed E-state index contributed by atoms with van der Waals surface area (Å²) >= 11 is 0. The quantitative estimate of drug-likeness (QED) is 0.567. The average Bonchev–Trinajstić information content (AvgIpc) is 2.25. The summed E-state index contributed by atoms with van der Waals surface area (Å²) in [4.78, 5) is 3.63. The molecule has 0 unspecified atom stereocenters. The fourth-order valence-corrected chi connectivity index (χ4v) is 1.05. The highest BCUT2D eigenvalue weighted by atomic mass is 19.4. The molecule has 0 aromatic carbocycles. The maximum atomic E-state index is 12.7. The molecule has 1 heterocycles. The molecular formula is C8H10BF3NO3-. The lowest BCUT2D eigenvalue weighted by molar-refractivity contribution is 0.0513. The van der Waals surface area contributed by atoms with Gasteiger partial charge in [-0.15, -0.1) is 0 Å². The normalized spacial score (nSPS) is 11.3. The topological polar surface area (TPSA) is 40.6 Å². The van der Waals surface area contributed by atoms with Crippen LogP contribution < -0.4 is 14.9 Å². The Labute approximate surface area is 90.4 Å². The second-order valence-corrected chi connectivity index (χ2v) is 2.89. The van der Waals surface area contributed by atoms with Gasteiger partial charge in [-0.3, -0.25) is 0 Å². The molecule has 0 atom stereocenters. The maximum Gasteiger partial charge on any atom is 0.513 e. The van der Waals surface area contributed by atoms with Gasteiger partial charge in [0.1, 0.15) is 5.75 Å². The Bertz CT molecular complexity index is 359. The number of nitrogens with zero attached hydrogens (tertiary/aromatic N) is 1. The van der Waals surface area contributed by atoms with Gasteiger partial charge in [0.2, 0.25) is 5.88 Å². The zero-order valence-corrected chi connectivity index (χ0v) is 8.75. The van der Waals surface area contributed by atoms with Crippen LogP contribution in [-0.2, 0) is 4.74 Å². The van der Waals surface area contributed by atoms with E-state index in [1.165, 1.54) is 14.2 Å². The minimum Gasteiger partial charge on any atom is -0.481 e. The summed E-state index contributed by atoms with van der Waals surface area (Å²) in [7, 11) is 2.56. The summed E-state index contributed by atoms with van der Waals surface area (Å²) in [5, 5.41) is 0. The van der Waals surface area contributed by atoms with Gasteiger partial charge in [-0.25, -0.2) is 4.98 Å². The zero-order valence-electron chi connectivity index (χ0n) is 8.75. The minimum atomic E-state index is -5.18. The van der Waals surface area contributed by atoms with Crippen molar-refractivity contribution in [3.05, 3.63) is 12.3 Å². The fourth-order valence-electron chi connectivity index (χ4n) is 1.05. The Morgan fingerprint density at radius 3 is 2.50 bits per heavy atom. The lowest BCUT2D eigenvalue weighted by atomic mass is 9.80. The number of ether oxygens (including phenoxy) is 3. The third kappa shape index (κ3) is 3.03. The lowest BCUT2D eigenvalue weighted by Crippen LogP contribution is -2.35. The predicted octanol–water partition coefficient (Wildman–Crippen LogP) is 1.13. The van der Waals surface area contributed by atoms with Crippen molar-refractivity contribution in [2.75, 3.05) is 21.0 Å². The first-order valence-electron chi connectivity index (χ1n) is 4.34. The summed E-state index contributed by atoms with van der Waals surface area (Å²) in [5.74, 6) is -0.478. The predicted molar refractivity (Wildman–Crippen MR) is 52.0 cm³/mol. The van der Waals surface area contributed by atoms with Crippen LogP contribution in [0.3, 0.4) is 0 Å². The minimum absolute atomic E-state index is 0.112. The van der Waals surface area contributed by atoms with Crippen LogP contribution in [0.5, 0.6) is 11.6 Å². The van der Waals surface area contributed by atoms with E-state index in [1.54, 1.807) is 0 Å². The smallest absolute Gasteiger partial charge is 0.481 e. The molecule has 0 aliphatic carbocycles. The van der Waals surface area contributed by atoms with Gasteiger partial charge in [-0.2, -0.15) is 0 Å². The average molecular weight is 236 g/mol. The molecule has 0 spiro atoms. The summed E-state index contributed by atoms with van der Waals surface area (Å²) in [6.45, 7) is -5.45. The fraction of sp³-hybridized carbons (Fsp3) is 0.375. The van der Waals surface area contributed by atoms with E-state index >= 15 is 0 Å². The molecule has 4 nitrogen and oxygen atoms in total. The maximum absolute atomic E-state index is 12.7. The Balaban J connectivity index is 3.06. The molecule has 0 aliphatic rings. The summed E-state index contributed by atoms with van der Waals surface area (Å²) in [6, 6.07) is 0.797. The second-order valence-electron chi connectivity index (χ2n) is 2.89. The van der Waals surface area contributed by atoms with Crippen molar-refractivity contribution in [1.29, 1.82) is 0 Å². The lowest BCUT2D eigenvalue weighted by Gasteiger charge is -2.19. The summed E-state index contributed by atoms with van der Waals surface area (Å²) < 4.78 is 51.9. The van der Waals surface area contributed by atoms with E-state index in [-0.39, 0.29) is 18.4 Å². The first-order valence-corrected chi connectivity index (χ1v) is 4.34. The third-order valence-corrected chi connectivity index (χ3v) is 1.77. The van der Waals surface area contributed by atoms with Crippen LogP contribution in [0.15, 0.2) is 12.3 Å². The van der Waals surface area contributed by atoms with Gasteiger partial charge in [0.15, 0.2) is 6.79 Å². The van der Waals surface area contributed by atoms with Crippen molar-refractivity contribution in [2.24, 2.45) is 0 Å². The number of halogens is 3. The van der Waals surface area contributed by atoms with Gasteiger partial charge in [0, 0.05) is 7.11 Å². The molecule has 0 aliphatic heterocycles. The van der Waals surface area contributed by atoms with Gasteiger partial charge in [0.05, 0.1) is 13.3 Å².